The molecule has 0 spiro atoms. The summed E-state index contributed by atoms with van der Waals surface area (Å²) in [6, 6.07) is 22.0. The maximum absolute atomic E-state index is 15.0. The molecule has 7 nitrogen and oxygen atoms in total. The zero-order chi connectivity index (χ0) is 39.0. The van der Waals surface area contributed by atoms with Gasteiger partial charge in [-0.3, -0.25) is 19.6 Å². The van der Waals surface area contributed by atoms with E-state index in [1.165, 1.54) is 25.3 Å². The molecule has 0 radical (unpaired) electrons. The first-order valence-electron chi connectivity index (χ1n) is 17.1. The molecule has 0 unspecified atom stereocenters. The first-order chi connectivity index (χ1) is 25.6. The van der Waals surface area contributed by atoms with Crippen molar-refractivity contribution < 1.29 is 23.1 Å². The van der Waals surface area contributed by atoms with Gasteiger partial charge in [-0.2, -0.15) is 0 Å². The molecule has 2 amide bonds. The Morgan fingerprint density at radius 3 is 1.70 bits per heavy atom. The predicted octanol–water partition coefficient (Wildman–Crippen LogP) is 10.1. The molecule has 272 valence electrons. The number of nitrogens with one attached hydrogen (secondary N) is 2. The number of carbonyl (C=O) groups excluding carboxylic acids is 2. The highest BCUT2D eigenvalue weighted by Gasteiger charge is 2.20. The summed E-state index contributed by atoms with van der Waals surface area (Å²) in [5.41, 5.74) is 1.62. The number of anilines is 2. The molecule has 4 aromatic carbocycles. The predicted molar refractivity (Wildman–Crippen MR) is 211 cm³/mol. The standard InChI is InChI=1S/C23H21FN2O2.C22H19FN2O/c1-23(2,3)12-10-15-8-9-18(20(24)21(15)28-4)22(27)26-19-7-5-6-16-14-25-13-11-17(16)19;1-22(2,3)11-9-15-7-8-18(19(23)13-15)21(26)25-20-6-4-5-16-14-24-12-10-17(16)20/h5-9,11,13-14H,1-4H3,(H,26,27);4-8,10,12-14H,1-3H3,(H,25,26). The van der Waals surface area contributed by atoms with Crippen molar-refractivity contribution in [2.24, 2.45) is 10.8 Å². The number of hydrogen-bond donors (Lipinski definition) is 2. The second-order valence-electron chi connectivity index (χ2n) is 14.4. The fourth-order valence-corrected chi connectivity index (χ4v) is 5.16. The fourth-order valence-electron chi connectivity index (χ4n) is 5.16. The Labute approximate surface area is 314 Å². The number of pyridine rings is 2. The highest BCUT2D eigenvalue weighted by molar-refractivity contribution is 6.10. The Hall–Kier alpha value is -6.58. The fraction of sp³-hybridized carbons (Fsp3) is 0.200. The Bertz CT molecular complexity index is 2480. The Kier molecular flexibility index (Phi) is 11.7. The molecule has 0 saturated heterocycles. The summed E-state index contributed by atoms with van der Waals surface area (Å²) < 4.78 is 34.5. The maximum atomic E-state index is 15.0. The van der Waals surface area contributed by atoms with Crippen molar-refractivity contribution in [2.45, 2.75) is 41.5 Å². The van der Waals surface area contributed by atoms with E-state index >= 15 is 0 Å². The summed E-state index contributed by atoms with van der Waals surface area (Å²) in [6.45, 7) is 11.8. The molecule has 2 aromatic heterocycles. The quantitative estimate of drug-likeness (QED) is 0.173. The van der Waals surface area contributed by atoms with Crippen LogP contribution in [0, 0.1) is 46.1 Å². The molecule has 2 heterocycles. The number of methoxy groups -OCH3 is 1. The van der Waals surface area contributed by atoms with Crippen molar-refractivity contribution >= 4 is 44.7 Å². The number of amides is 2. The van der Waals surface area contributed by atoms with E-state index in [0.717, 1.165) is 21.5 Å². The Morgan fingerprint density at radius 2 is 1.19 bits per heavy atom. The van der Waals surface area contributed by atoms with Gasteiger partial charge >= 0.3 is 0 Å². The third-order valence-electron chi connectivity index (χ3n) is 7.77. The largest absolute Gasteiger partial charge is 0.492 e. The van der Waals surface area contributed by atoms with Crippen LogP contribution in [0.1, 0.15) is 73.4 Å². The number of benzene rings is 4. The van der Waals surface area contributed by atoms with Crippen LogP contribution in [0.2, 0.25) is 0 Å². The van der Waals surface area contributed by atoms with Crippen LogP contribution < -0.4 is 15.4 Å². The molecule has 0 saturated carbocycles. The van der Waals surface area contributed by atoms with Gasteiger partial charge in [-0.1, -0.05) is 47.9 Å². The number of halogens is 2. The minimum absolute atomic E-state index is 0.0163. The van der Waals surface area contributed by atoms with Crippen molar-refractivity contribution in [3.63, 3.8) is 0 Å². The summed E-state index contributed by atoms with van der Waals surface area (Å²) in [6.07, 6.45) is 6.72. The lowest BCUT2D eigenvalue weighted by atomic mass is 9.97. The second-order valence-corrected chi connectivity index (χ2v) is 14.4. The van der Waals surface area contributed by atoms with Crippen LogP contribution >= 0.6 is 0 Å². The molecule has 9 heteroatoms. The van der Waals surface area contributed by atoms with E-state index in [4.69, 9.17) is 4.74 Å². The van der Waals surface area contributed by atoms with Gasteiger partial charge in [0.25, 0.3) is 11.8 Å². The van der Waals surface area contributed by atoms with Crippen molar-refractivity contribution in [3.05, 3.63) is 138 Å². The summed E-state index contributed by atoms with van der Waals surface area (Å²) in [4.78, 5) is 33.4. The van der Waals surface area contributed by atoms with Gasteiger partial charge in [0.2, 0.25) is 0 Å². The average molecular weight is 723 g/mol. The van der Waals surface area contributed by atoms with E-state index < -0.39 is 23.4 Å². The van der Waals surface area contributed by atoms with E-state index in [-0.39, 0.29) is 27.7 Å². The van der Waals surface area contributed by atoms with Gasteiger partial charge in [-0.05, 0) is 96.1 Å². The SMILES string of the molecule is CC(C)(C)C#Cc1ccc(C(=O)Nc2cccc3cnccc23)c(F)c1.COc1c(C#CC(C)(C)C)ccc(C(=O)Nc2cccc3cnccc23)c1F. The van der Waals surface area contributed by atoms with E-state index in [1.54, 1.807) is 55.1 Å². The summed E-state index contributed by atoms with van der Waals surface area (Å²) >= 11 is 0. The van der Waals surface area contributed by atoms with Crippen LogP contribution in [0.3, 0.4) is 0 Å². The number of aromatic nitrogens is 2. The maximum Gasteiger partial charge on any atom is 0.258 e. The minimum atomic E-state index is -0.734. The third kappa shape index (κ3) is 9.84. The first kappa shape index (κ1) is 38.6. The molecule has 0 aliphatic carbocycles. The molecule has 0 aliphatic heterocycles. The summed E-state index contributed by atoms with van der Waals surface area (Å²) in [5, 5.41) is 9.00. The highest BCUT2D eigenvalue weighted by Crippen LogP contribution is 2.28. The number of ether oxygens (including phenoxy) is 1. The molecule has 0 aliphatic rings. The number of rotatable bonds is 5. The first-order valence-corrected chi connectivity index (χ1v) is 17.1. The van der Waals surface area contributed by atoms with E-state index in [9.17, 15) is 18.4 Å². The van der Waals surface area contributed by atoms with Gasteiger partial charge in [0.15, 0.2) is 11.6 Å². The molecule has 0 bridgehead atoms. The zero-order valence-corrected chi connectivity index (χ0v) is 31.2. The zero-order valence-electron chi connectivity index (χ0n) is 31.2. The molecular formula is C45H40F2N4O3. The van der Waals surface area contributed by atoms with Crippen LogP contribution in [0.5, 0.6) is 5.75 Å². The van der Waals surface area contributed by atoms with Crippen LogP contribution in [0.4, 0.5) is 20.2 Å². The van der Waals surface area contributed by atoms with Gasteiger partial charge in [0, 0.05) is 74.1 Å². The molecule has 0 atom stereocenters. The molecular weight excluding hydrogens is 683 g/mol. The summed E-state index contributed by atoms with van der Waals surface area (Å²) in [5.74, 6) is 9.55. The minimum Gasteiger partial charge on any atom is -0.492 e. The average Bonchev–Trinajstić information content (AvgIpc) is 3.13. The smallest absolute Gasteiger partial charge is 0.258 e. The molecule has 2 N–H and O–H groups in total. The third-order valence-corrected chi connectivity index (χ3v) is 7.77. The van der Waals surface area contributed by atoms with Crippen LogP contribution in [-0.2, 0) is 0 Å². The van der Waals surface area contributed by atoms with Gasteiger partial charge in [0.05, 0.1) is 23.8 Å². The molecule has 0 fully saturated rings. The Morgan fingerprint density at radius 1 is 0.667 bits per heavy atom. The lowest BCUT2D eigenvalue weighted by Gasteiger charge is -2.12. The molecule has 54 heavy (non-hydrogen) atoms. The van der Waals surface area contributed by atoms with Crippen molar-refractivity contribution in [1.29, 1.82) is 0 Å². The van der Waals surface area contributed by atoms with Gasteiger partial charge < -0.3 is 15.4 Å². The second kappa shape index (κ2) is 16.4. The number of hydrogen-bond acceptors (Lipinski definition) is 5. The van der Waals surface area contributed by atoms with Crippen LogP contribution in [-0.4, -0.2) is 28.9 Å². The van der Waals surface area contributed by atoms with Crippen molar-refractivity contribution in [1.82, 2.24) is 9.97 Å². The van der Waals surface area contributed by atoms with Crippen molar-refractivity contribution in [2.75, 3.05) is 17.7 Å². The number of nitrogens with zero attached hydrogens (tertiary/aromatic N) is 2. The normalized spacial score (nSPS) is 10.9. The van der Waals surface area contributed by atoms with Crippen LogP contribution in [0.15, 0.2) is 104 Å². The topological polar surface area (TPSA) is 93.2 Å². The highest BCUT2D eigenvalue weighted by atomic mass is 19.1. The number of fused-ring (bicyclic) bond motifs is 2. The van der Waals surface area contributed by atoms with Crippen LogP contribution in [0.25, 0.3) is 21.5 Å². The van der Waals surface area contributed by atoms with E-state index in [1.807, 2.05) is 71.9 Å². The number of carbonyl (C=O) groups is 2. The lowest BCUT2D eigenvalue weighted by molar-refractivity contribution is 0.101. The molecule has 6 aromatic rings. The van der Waals surface area contributed by atoms with E-state index in [2.05, 4.69) is 44.3 Å². The van der Waals surface area contributed by atoms with Gasteiger partial charge in [-0.25, -0.2) is 8.78 Å². The summed E-state index contributed by atoms with van der Waals surface area (Å²) in [7, 11) is 1.36. The Balaban J connectivity index is 0.000000208. The molecule has 6 rings (SSSR count). The van der Waals surface area contributed by atoms with Crippen molar-refractivity contribution in [3.8, 4) is 29.4 Å². The van der Waals surface area contributed by atoms with Gasteiger partial charge in [-0.15, -0.1) is 0 Å². The monoisotopic (exact) mass is 722 g/mol. The lowest BCUT2D eigenvalue weighted by Crippen LogP contribution is -2.15. The van der Waals surface area contributed by atoms with Gasteiger partial charge in [0.1, 0.15) is 5.82 Å². The van der Waals surface area contributed by atoms with E-state index in [0.29, 0.717) is 22.5 Å².